The van der Waals surface area contributed by atoms with Crippen LogP contribution in [0.15, 0.2) is 53.4 Å². The molecule has 0 aromatic heterocycles. The summed E-state index contributed by atoms with van der Waals surface area (Å²) in [5, 5.41) is 2.88. The van der Waals surface area contributed by atoms with E-state index >= 15 is 0 Å². The second-order valence-corrected chi connectivity index (χ2v) is 7.04. The van der Waals surface area contributed by atoms with Crippen LogP contribution in [0, 0.1) is 0 Å². The molecule has 1 N–H and O–H groups in total. The highest BCUT2D eigenvalue weighted by molar-refractivity contribution is 7.98. The number of carbonyl (C=O) groups is 2. The zero-order valence-electron chi connectivity index (χ0n) is 15.6. The molecule has 0 radical (unpaired) electrons. The van der Waals surface area contributed by atoms with Crippen LogP contribution >= 0.6 is 11.8 Å². The highest BCUT2D eigenvalue weighted by Gasteiger charge is 2.20. The van der Waals surface area contributed by atoms with Crippen LogP contribution in [0.25, 0.3) is 0 Å². The maximum atomic E-state index is 12.5. The quantitative estimate of drug-likeness (QED) is 0.543. The number of carbonyl (C=O) groups excluding carboxylic acids is 2. The number of nitrogens with one attached hydrogen (secondary N) is 1. The molecule has 0 saturated carbocycles. The molecule has 4 nitrogen and oxygen atoms in total. The summed E-state index contributed by atoms with van der Waals surface area (Å²) in [6, 6.07) is 14.8. The van der Waals surface area contributed by atoms with E-state index in [1.54, 1.807) is 30.8 Å². The monoisotopic (exact) mass is 371 g/mol. The van der Waals surface area contributed by atoms with Gasteiger partial charge in [0.25, 0.3) is 5.91 Å². The zero-order valence-corrected chi connectivity index (χ0v) is 16.4. The fourth-order valence-electron chi connectivity index (χ4n) is 2.50. The molecule has 0 aliphatic carbocycles. The number of hydrogen-bond donors (Lipinski definition) is 1. The highest BCUT2D eigenvalue weighted by Crippen LogP contribution is 2.26. The van der Waals surface area contributed by atoms with Crippen molar-refractivity contribution in [2.45, 2.75) is 44.1 Å². The summed E-state index contributed by atoms with van der Waals surface area (Å²) in [7, 11) is 0. The van der Waals surface area contributed by atoms with Gasteiger partial charge in [0, 0.05) is 10.6 Å². The van der Waals surface area contributed by atoms with Gasteiger partial charge in [0.15, 0.2) is 6.10 Å². The van der Waals surface area contributed by atoms with E-state index in [1.807, 2.05) is 42.7 Å². The van der Waals surface area contributed by atoms with Crippen molar-refractivity contribution in [2.24, 2.45) is 0 Å². The Hall–Kier alpha value is -2.27. The summed E-state index contributed by atoms with van der Waals surface area (Å²) < 4.78 is 5.31. The Kier molecular flexibility index (Phi) is 7.27. The van der Waals surface area contributed by atoms with Crippen LogP contribution in [-0.4, -0.2) is 24.2 Å². The molecule has 0 saturated heterocycles. The number of para-hydroxylation sites is 1. The van der Waals surface area contributed by atoms with E-state index in [9.17, 15) is 9.59 Å². The van der Waals surface area contributed by atoms with E-state index < -0.39 is 12.1 Å². The summed E-state index contributed by atoms with van der Waals surface area (Å²) in [4.78, 5) is 25.7. The third kappa shape index (κ3) is 5.11. The van der Waals surface area contributed by atoms with Gasteiger partial charge < -0.3 is 10.1 Å². The third-order valence-electron chi connectivity index (χ3n) is 4.34. The number of amides is 1. The molecule has 1 amide bonds. The average molecular weight is 372 g/mol. The lowest BCUT2D eigenvalue weighted by molar-refractivity contribution is -0.123. The minimum Gasteiger partial charge on any atom is -0.449 e. The van der Waals surface area contributed by atoms with E-state index in [0.717, 1.165) is 22.6 Å². The molecule has 0 unspecified atom stereocenters. The topological polar surface area (TPSA) is 55.4 Å². The molecular weight excluding hydrogens is 346 g/mol. The van der Waals surface area contributed by atoms with Crippen LogP contribution in [-0.2, 0) is 9.53 Å². The van der Waals surface area contributed by atoms with E-state index in [0.29, 0.717) is 11.5 Å². The van der Waals surface area contributed by atoms with Gasteiger partial charge >= 0.3 is 5.97 Å². The molecule has 26 heavy (non-hydrogen) atoms. The first-order valence-electron chi connectivity index (χ1n) is 8.71. The van der Waals surface area contributed by atoms with Crippen molar-refractivity contribution in [3.05, 3.63) is 59.7 Å². The van der Waals surface area contributed by atoms with Gasteiger partial charge in [-0.05, 0) is 61.4 Å². The van der Waals surface area contributed by atoms with E-state index in [4.69, 9.17) is 4.74 Å². The number of hydrogen-bond acceptors (Lipinski definition) is 4. The van der Waals surface area contributed by atoms with Crippen molar-refractivity contribution >= 4 is 29.3 Å². The maximum Gasteiger partial charge on any atom is 0.338 e. The van der Waals surface area contributed by atoms with Crippen LogP contribution in [0.3, 0.4) is 0 Å². The lowest BCUT2D eigenvalue weighted by atomic mass is 9.97. The van der Waals surface area contributed by atoms with Crippen molar-refractivity contribution < 1.29 is 14.3 Å². The first-order valence-corrected chi connectivity index (χ1v) is 9.93. The highest BCUT2D eigenvalue weighted by atomic mass is 32.2. The van der Waals surface area contributed by atoms with Gasteiger partial charge in [-0.1, -0.05) is 32.0 Å². The molecule has 0 aliphatic heterocycles. The molecular formula is C21H25NO3S. The zero-order chi connectivity index (χ0) is 19.1. The van der Waals surface area contributed by atoms with Crippen molar-refractivity contribution in [2.75, 3.05) is 11.6 Å². The SMILES string of the molecule is CC[C@H](C)c1ccccc1NC(=O)[C@@H](C)OC(=O)c1ccc(SC)cc1. The second-order valence-electron chi connectivity index (χ2n) is 6.16. The predicted molar refractivity (Wildman–Crippen MR) is 107 cm³/mol. The normalized spacial score (nSPS) is 12.9. The lowest BCUT2D eigenvalue weighted by Gasteiger charge is -2.18. The number of ether oxygens (including phenoxy) is 1. The van der Waals surface area contributed by atoms with Crippen LogP contribution in [0.4, 0.5) is 5.69 Å². The third-order valence-corrected chi connectivity index (χ3v) is 5.08. The number of rotatable bonds is 7. The van der Waals surface area contributed by atoms with Gasteiger partial charge in [-0.2, -0.15) is 0 Å². The number of anilines is 1. The standard InChI is InChI=1S/C21H25NO3S/c1-5-14(2)18-8-6-7-9-19(18)22-20(23)15(3)25-21(24)16-10-12-17(26-4)13-11-16/h6-15H,5H2,1-4H3,(H,22,23)/t14-,15+/m0/s1. The molecule has 2 rings (SSSR count). The van der Waals surface area contributed by atoms with Crippen LogP contribution < -0.4 is 5.32 Å². The van der Waals surface area contributed by atoms with Gasteiger partial charge in [-0.3, -0.25) is 4.79 Å². The largest absolute Gasteiger partial charge is 0.449 e. The lowest BCUT2D eigenvalue weighted by Crippen LogP contribution is -2.30. The Labute approximate surface area is 159 Å². The number of benzene rings is 2. The minimum absolute atomic E-state index is 0.333. The van der Waals surface area contributed by atoms with Crippen molar-refractivity contribution in [3.8, 4) is 0 Å². The van der Waals surface area contributed by atoms with Gasteiger partial charge in [0.05, 0.1) is 5.56 Å². The van der Waals surface area contributed by atoms with Crippen LogP contribution in [0.1, 0.15) is 49.0 Å². The summed E-state index contributed by atoms with van der Waals surface area (Å²) in [5.74, 6) is -0.510. The summed E-state index contributed by atoms with van der Waals surface area (Å²) in [6.07, 6.45) is 2.06. The Morgan fingerprint density at radius 1 is 1.08 bits per heavy atom. The minimum atomic E-state index is -0.882. The van der Waals surface area contributed by atoms with Crippen molar-refractivity contribution in [1.29, 1.82) is 0 Å². The molecule has 2 atom stereocenters. The molecule has 0 aliphatic rings. The predicted octanol–water partition coefficient (Wildman–Crippen LogP) is 5.11. The van der Waals surface area contributed by atoms with Crippen molar-refractivity contribution in [1.82, 2.24) is 0 Å². The summed E-state index contributed by atoms with van der Waals surface area (Å²) in [5.41, 5.74) is 2.27. The molecule has 0 fully saturated rings. The Morgan fingerprint density at radius 3 is 2.35 bits per heavy atom. The molecule has 0 spiro atoms. The Morgan fingerprint density at radius 2 is 1.73 bits per heavy atom. The molecule has 2 aromatic carbocycles. The smallest absolute Gasteiger partial charge is 0.338 e. The Bertz CT molecular complexity index is 758. The van der Waals surface area contributed by atoms with Crippen LogP contribution in [0.5, 0.6) is 0 Å². The fourth-order valence-corrected chi connectivity index (χ4v) is 2.91. The fraction of sp³-hybridized carbons (Fsp3) is 0.333. The number of esters is 1. The first kappa shape index (κ1) is 20.0. The van der Waals surface area contributed by atoms with E-state index in [2.05, 4.69) is 19.2 Å². The second kappa shape index (κ2) is 9.43. The van der Waals surface area contributed by atoms with Gasteiger partial charge in [0.2, 0.25) is 0 Å². The maximum absolute atomic E-state index is 12.5. The molecule has 0 bridgehead atoms. The molecule has 0 heterocycles. The van der Waals surface area contributed by atoms with Crippen molar-refractivity contribution in [3.63, 3.8) is 0 Å². The molecule has 2 aromatic rings. The summed E-state index contributed by atoms with van der Waals surface area (Å²) >= 11 is 1.60. The van der Waals surface area contributed by atoms with E-state index in [1.165, 1.54) is 0 Å². The summed E-state index contributed by atoms with van der Waals surface area (Å²) in [6.45, 7) is 5.80. The number of thioether (sulfide) groups is 1. The molecule has 5 heteroatoms. The van der Waals surface area contributed by atoms with Gasteiger partial charge in [-0.15, -0.1) is 11.8 Å². The van der Waals surface area contributed by atoms with E-state index in [-0.39, 0.29) is 5.91 Å². The Balaban J connectivity index is 2.02. The van der Waals surface area contributed by atoms with Gasteiger partial charge in [-0.25, -0.2) is 4.79 Å². The first-order chi connectivity index (χ1) is 12.5. The van der Waals surface area contributed by atoms with Gasteiger partial charge in [0.1, 0.15) is 0 Å². The molecule has 138 valence electrons. The van der Waals surface area contributed by atoms with Crippen LogP contribution in [0.2, 0.25) is 0 Å². The average Bonchev–Trinajstić information content (AvgIpc) is 2.67.